The van der Waals surface area contributed by atoms with E-state index in [-0.39, 0.29) is 18.2 Å². The van der Waals surface area contributed by atoms with E-state index in [2.05, 4.69) is 5.32 Å². The monoisotopic (exact) mass is 269 g/mol. The number of carboxylic acid groups (broad SMARTS) is 1. The van der Waals surface area contributed by atoms with Gasteiger partial charge in [-0.3, -0.25) is 9.59 Å². The Hall–Kier alpha value is -1.55. The fourth-order valence-electron chi connectivity index (χ4n) is 1.61. The number of amides is 1. The molecule has 0 aliphatic rings. The number of halogens is 1. The average molecular weight is 270 g/mol. The third kappa shape index (κ3) is 4.75. The molecule has 0 aliphatic heterocycles. The van der Waals surface area contributed by atoms with E-state index in [0.29, 0.717) is 17.1 Å². The zero-order valence-electron chi connectivity index (χ0n) is 10.4. The van der Waals surface area contributed by atoms with Crippen LogP contribution in [0, 0.1) is 12.8 Å². The number of carbonyl (C=O) groups is 2. The van der Waals surface area contributed by atoms with Crippen LogP contribution in [0.1, 0.15) is 29.3 Å². The highest BCUT2D eigenvalue weighted by molar-refractivity contribution is 6.31. The van der Waals surface area contributed by atoms with E-state index in [9.17, 15) is 9.59 Å². The lowest BCUT2D eigenvalue weighted by molar-refractivity contribution is -0.137. The topological polar surface area (TPSA) is 66.4 Å². The molecule has 0 aliphatic carbocycles. The molecule has 1 atom stereocenters. The van der Waals surface area contributed by atoms with Crippen LogP contribution in [0.3, 0.4) is 0 Å². The molecule has 1 amide bonds. The van der Waals surface area contributed by atoms with Gasteiger partial charge in [0.25, 0.3) is 5.91 Å². The summed E-state index contributed by atoms with van der Waals surface area (Å²) in [6.07, 6.45) is 0.0366. The third-order valence-corrected chi connectivity index (χ3v) is 2.66. The van der Waals surface area contributed by atoms with Crippen LogP contribution in [0.4, 0.5) is 0 Å². The van der Waals surface area contributed by atoms with Crippen LogP contribution in [0.2, 0.25) is 5.02 Å². The molecule has 18 heavy (non-hydrogen) atoms. The van der Waals surface area contributed by atoms with Gasteiger partial charge in [-0.25, -0.2) is 0 Å². The summed E-state index contributed by atoms with van der Waals surface area (Å²) in [6, 6.07) is 5.10. The Kier molecular flexibility index (Phi) is 5.16. The van der Waals surface area contributed by atoms with Crippen molar-refractivity contribution in [3.05, 3.63) is 34.3 Å². The molecule has 0 bridgehead atoms. The second kappa shape index (κ2) is 6.40. The number of aliphatic carboxylic acids is 1. The van der Waals surface area contributed by atoms with Gasteiger partial charge in [-0.2, -0.15) is 0 Å². The van der Waals surface area contributed by atoms with Crippen molar-refractivity contribution in [1.82, 2.24) is 5.32 Å². The van der Waals surface area contributed by atoms with Crippen molar-refractivity contribution in [3.8, 4) is 0 Å². The van der Waals surface area contributed by atoms with Crippen molar-refractivity contribution in [3.63, 3.8) is 0 Å². The predicted molar refractivity (Wildman–Crippen MR) is 69.9 cm³/mol. The van der Waals surface area contributed by atoms with Crippen LogP contribution >= 0.6 is 11.6 Å². The molecule has 5 heteroatoms. The Morgan fingerprint density at radius 1 is 1.39 bits per heavy atom. The summed E-state index contributed by atoms with van der Waals surface area (Å²) in [5, 5.41) is 11.8. The van der Waals surface area contributed by atoms with E-state index in [1.54, 1.807) is 25.1 Å². The van der Waals surface area contributed by atoms with Gasteiger partial charge < -0.3 is 10.4 Å². The molecule has 4 nitrogen and oxygen atoms in total. The van der Waals surface area contributed by atoms with Crippen molar-refractivity contribution in [2.24, 2.45) is 5.92 Å². The van der Waals surface area contributed by atoms with Crippen molar-refractivity contribution >= 4 is 23.5 Å². The first-order valence-corrected chi connectivity index (χ1v) is 6.03. The van der Waals surface area contributed by atoms with Crippen LogP contribution in [0.5, 0.6) is 0 Å². The Balaban J connectivity index is 2.57. The summed E-state index contributed by atoms with van der Waals surface area (Å²) in [5.41, 5.74) is 1.40. The first kappa shape index (κ1) is 14.5. The normalized spacial score (nSPS) is 11.9. The largest absolute Gasteiger partial charge is 0.481 e. The van der Waals surface area contributed by atoms with Crippen molar-refractivity contribution < 1.29 is 14.7 Å². The second-order valence-electron chi connectivity index (χ2n) is 4.43. The summed E-state index contributed by atoms with van der Waals surface area (Å²) in [6.45, 7) is 3.96. The highest BCUT2D eigenvalue weighted by atomic mass is 35.5. The number of hydrogen-bond acceptors (Lipinski definition) is 2. The minimum Gasteiger partial charge on any atom is -0.481 e. The van der Waals surface area contributed by atoms with Crippen molar-refractivity contribution in [2.45, 2.75) is 20.3 Å². The molecule has 0 fully saturated rings. The number of aryl methyl sites for hydroxylation is 1. The summed E-state index contributed by atoms with van der Waals surface area (Å²) in [4.78, 5) is 22.3. The van der Waals surface area contributed by atoms with Gasteiger partial charge in [-0.15, -0.1) is 0 Å². The molecule has 0 radical (unpaired) electrons. The SMILES string of the molecule is Cc1cc(Cl)cc(C(=O)NC[C@@H](C)CC(=O)O)c1. The van der Waals surface area contributed by atoms with E-state index in [1.165, 1.54) is 0 Å². The fraction of sp³-hybridized carbons (Fsp3) is 0.385. The highest BCUT2D eigenvalue weighted by Gasteiger charge is 2.11. The summed E-state index contributed by atoms with van der Waals surface area (Å²) in [7, 11) is 0. The van der Waals surface area contributed by atoms with E-state index in [0.717, 1.165) is 5.56 Å². The number of carboxylic acids is 1. The number of rotatable bonds is 5. The number of carbonyl (C=O) groups excluding carboxylic acids is 1. The van der Waals surface area contributed by atoms with Gasteiger partial charge in [-0.05, 0) is 36.6 Å². The highest BCUT2D eigenvalue weighted by Crippen LogP contribution is 2.14. The van der Waals surface area contributed by atoms with E-state index in [1.807, 2.05) is 6.92 Å². The van der Waals surface area contributed by atoms with Crippen LogP contribution in [0.25, 0.3) is 0 Å². The first-order valence-electron chi connectivity index (χ1n) is 5.65. The first-order chi connectivity index (χ1) is 8.38. The van der Waals surface area contributed by atoms with Gasteiger partial charge in [0.05, 0.1) is 0 Å². The van der Waals surface area contributed by atoms with Gasteiger partial charge in [0.1, 0.15) is 0 Å². The quantitative estimate of drug-likeness (QED) is 0.863. The minimum absolute atomic E-state index is 0.0366. The van der Waals surface area contributed by atoms with E-state index < -0.39 is 5.97 Å². The van der Waals surface area contributed by atoms with Crippen molar-refractivity contribution in [1.29, 1.82) is 0 Å². The zero-order valence-corrected chi connectivity index (χ0v) is 11.1. The van der Waals surface area contributed by atoms with E-state index in [4.69, 9.17) is 16.7 Å². The molecular weight excluding hydrogens is 254 g/mol. The van der Waals surface area contributed by atoms with Gasteiger partial charge in [0, 0.05) is 23.6 Å². The molecule has 1 rings (SSSR count). The van der Waals surface area contributed by atoms with Gasteiger partial charge >= 0.3 is 5.97 Å². The van der Waals surface area contributed by atoms with Crippen LogP contribution in [0.15, 0.2) is 18.2 Å². The average Bonchev–Trinajstić information content (AvgIpc) is 2.23. The molecule has 2 N–H and O–H groups in total. The summed E-state index contributed by atoms with van der Waals surface area (Å²) >= 11 is 5.87. The predicted octanol–water partition coefficient (Wildman–Crippen LogP) is 2.49. The summed E-state index contributed by atoms with van der Waals surface area (Å²) in [5.74, 6) is -1.21. The molecular formula is C13H16ClNO3. The van der Waals surface area contributed by atoms with E-state index >= 15 is 0 Å². The van der Waals surface area contributed by atoms with Crippen LogP contribution in [-0.4, -0.2) is 23.5 Å². The number of nitrogens with one attached hydrogen (secondary N) is 1. The molecule has 1 aromatic rings. The molecule has 1 aromatic carbocycles. The molecule has 0 saturated carbocycles. The zero-order chi connectivity index (χ0) is 13.7. The third-order valence-electron chi connectivity index (χ3n) is 2.44. The number of hydrogen-bond donors (Lipinski definition) is 2. The van der Waals surface area contributed by atoms with Gasteiger partial charge in [-0.1, -0.05) is 18.5 Å². The minimum atomic E-state index is -0.865. The Morgan fingerprint density at radius 3 is 2.61 bits per heavy atom. The summed E-state index contributed by atoms with van der Waals surface area (Å²) < 4.78 is 0. The Bertz CT molecular complexity index is 439. The molecule has 0 aromatic heterocycles. The molecule has 0 saturated heterocycles. The standard InChI is InChI=1S/C13H16ClNO3/c1-8-3-10(6-11(14)4-8)13(18)15-7-9(2)5-12(16)17/h3-4,6,9H,5,7H2,1-2H3,(H,15,18)(H,16,17)/t9-/m0/s1. The Morgan fingerprint density at radius 2 is 2.06 bits per heavy atom. The van der Waals surface area contributed by atoms with Crippen LogP contribution < -0.4 is 5.32 Å². The second-order valence-corrected chi connectivity index (χ2v) is 4.87. The smallest absolute Gasteiger partial charge is 0.303 e. The van der Waals surface area contributed by atoms with Crippen LogP contribution in [-0.2, 0) is 4.79 Å². The molecule has 98 valence electrons. The van der Waals surface area contributed by atoms with Gasteiger partial charge in [0.2, 0.25) is 0 Å². The Labute approximate surface area is 111 Å². The lowest BCUT2D eigenvalue weighted by Crippen LogP contribution is -2.29. The molecule has 0 spiro atoms. The maximum atomic E-state index is 11.8. The molecule has 0 heterocycles. The fourth-order valence-corrected chi connectivity index (χ4v) is 1.90. The lowest BCUT2D eigenvalue weighted by Gasteiger charge is -2.10. The van der Waals surface area contributed by atoms with Crippen molar-refractivity contribution in [2.75, 3.05) is 6.54 Å². The lowest BCUT2D eigenvalue weighted by atomic mass is 10.1. The number of benzene rings is 1. The molecule has 0 unspecified atom stereocenters. The van der Waals surface area contributed by atoms with Gasteiger partial charge in [0.15, 0.2) is 0 Å². The maximum absolute atomic E-state index is 11.8. The maximum Gasteiger partial charge on any atom is 0.303 e.